The minimum atomic E-state index is -0.364. The van der Waals surface area contributed by atoms with Crippen molar-refractivity contribution in [2.24, 2.45) is 11.7 Å². The van der Waals surface area contributed by atoms with Gasteiger partial charge < -0.3 is 10.6 Å². The monoisotopic (exact) mass is 412 g/mol. The molecule has 0 spiro atoms. The molecule has 0 radical (unpaired) electrons. The van der Waals surface area contributed by atoms with Crippen molar-refractivity contribution < 1.29 is 9.18 Å². The van der Waals surface area contributed by atoms with Gasteiger partial charge in [0.25, 0.3) is 5.91 Å². The molecular weight excluding hydrogens is 395 g/mol. The summed E-state index contributed by atoms with van der Waals surface area (Å²) in [6.45, 7) is 1.79. The van der Waals surface area contributed by atoms with Crippen LogP contribution in [0.2, 0.25) is 0 Å². The number of nitrogens with two attached hydrogens (primary N) is 1. The molecule has 0 saturated carbocycles. The van der Waals surface area contributed by atoms with Gasteiger partial charge in [-0.3, -0.25) is 4.79 Å². The van der Waals surface area contributed by atoms with Crippen molar-refractivity contribution in [2.45, 2.75) is 5.92 Å². The molecule has 2 N–H and O–H groups in total. The maximum atomic E-state index is 13.2. The molecule has 1 aliphatic rings. The van der Waals surface area contributed by atoms with Gasteiger partial charge in [0.15, 0.2) is 0 Å². The average Bonchev–Trinajstić information content (AvgIpc) is 2.99. The van der Waals surface area contributed by atoms with E-state index in [4.69, 9.17) is 5.73 Å². The SMILES string of the molecule is Cl.NC[C@@H]1CN(C(=O)c2ccc(F)cc2Br)C[C@H]1c1ccccc1. The molecule has 2 aromatic rings. The van der Waals surface area contributed by atoms with Gasteiger partial charge in [-0.2, -0.15) is 0 Å². The first-order valence-corrected chi connectivity index (χ1v) is 8.38. The molecule has 1 fully saturated rings. The molecule has 24 heavy (non-hydrogen) atoms. The first-order valence-electron chi connectivity index (χ1n) is 7.59. The summed E-state index contributed by atoms with van der Waals surface area (Å²) in [4.78, 5) is 14.6. The highest BCUT2D eigenvalue weighted by atomic mass is 79.9. The van der Waals surface area contributed by atoms with Crippen molar-refractivity contribution in [3.8, 4) is 0 Å². The van der Waals surface area contributed by atoms with Gasteiger partial charge in [-0.25, -0.2) is 4.39 Å². The summed E-state index contributed by atoms with van der Waals surface area (Å²) < 4.78 is 13.7. The Hall–Kier alpha value is -1.43. The van der Waals surface area contributed by atoms with Crippen molar-refractivity contribution in [1.29, 1.82) is 0 Å². The van der Waals surface area contributed by atoms with E-state index in [0.29, 0.717) is 29.7 Å². The Morgan fingerprint density at radius 2 is 1.92 bits per heavy atom. The van der Waals surface area contributed by atoms with Crippen LogP contribution < -0.4 is 5.73 Å². The fourth-order valence-electron chi connectivity index (χ4n) is 3.19. The minimum absolute atomic E-state index is 0. The van der Waals surface area contributed by atoms with Crippen LogP contribution in [0.15, 0.2) is 53.0 Å². The van der Waals surface area contributed by atoms with E-state index in [9.17, 15) is 9.18 Å². The first kappa shape index (κ1) is 18.9. The molecule has 1 heterocycles. The van der Waals surface area contributed by atoms with Crippen molar-refractivity contribution in [1.82, 2.24) is 4.90 Å². The van der Waals surface area contributed by atoms with Gasteiger partial charge in [-0.05, 0) is 52.2 Å². The topological polar surface area (TPSA) is 46.3 Å². The molecule has 1 aliphatic heterocycles. The van der Waals surface area contributed by atoms with E-state index in [-0.39, 0.29) is 36.0 Å². The molecule has 1 amide bonds. The van der Waals surface area contributed by atoms with Crippen molar-refractivity contribution in [3.05, 3.63) is 69.9 Å². The number of carbonyl (C=O) groups is 1. The summed E-state index contributed by atoms with van der Waals surface area (Å²) in [5, 5.41) is 0. The number of nitrogens with zero attached hydrogens (tertiary/aromatic N) is 1. The van der Waals surface area contributed by atoms with E-state index in [1.807, 2.05) is 23.1 Å². The molecule has 3 nitrogen and oxygen atoms in total. The lowest BCUT2D eigenvalue weighted by molar-refractivity contribution is 0.0785. The van der Waals surface area contributed by atoms with E-state index in [0.717, 1.165) is 0 Å². The lowest BCUT2D eigenvalue weighted by Crippen LogP contribution is -2.30. The third-order valence-corrected chi connectivity index (χ3v) is 5.08. The predicted molar refractivity (Wildman–Crippen MR) is 99.0 cm³/mol. The van der Waals surface area contributed by atoms with Gasteiger partial charge in [0.2, 0.25) is 0 Å². The van der Waals surface area contributed by atoms with E-state index in [1.165, 1.54) is 23.8 Å². The largest absolute Gasteiger partial charge is 0.338 e. The molecule has 6 heteroatoms. The van der Waals surface area contributed by atoms with E-state index in [2.05, 4.69) is 28.1 Å². The number of likely N-dealkylation sites (tertiary alicyclic amines) is 1. The molecule has 128 valence electrons. The molecule has 2 atom stereocenters. The molecule has 0 unspecified atom stereocenters. The average molecular weight is 414 g/mol. The smallest absolute Gasteiger partial charge is 0.255 e. The molecule has 0 aliphatic carbocycles. The fourth-order valence-corrected chi connectivity index (χ4v) is 3.71. The molecule has 2 aromatic carbocycles. The standard InChI is InChI=1S/C18H18BrFN2O.ClH/c19-17-8-14(20)6-7-15(17)18(23)22-10-13(9-21)16(11-22)12-4-2-1-3-5-12;/h1-8,13,16H,9-11,21H2;1H/t13-,16+;/m1./s1. The summed E-state index contributed by atoms with van der Waals surface area (Å²) in [5.74, 6) is 0.0237. The van der Waals surface area contributed by atoms with Crippen molar-refractivity contribution in [2.75, 3.05) is 19.6 Å². The number of rotatable bonds is 3. The lowest BCUT2D eigenvalue weighted by atomic mass is 9.89. The zero-order valence-electron chi connectivity index (χ0n) is 13.0. The van der Waals surface area contributed by atoms with Crippen LogP contribution in [0.3, 0.4) is 0 Å². The molecule has 0 bridgehead atoms. The number of halogens is 3. The number of carbonyl (C=O) groups excluding carboxylic acids is 1. The van der Waals surface area contributed by atoms with E-state index < -0.39 is 0 Å². The molecule has 0 aromatic heterocycles. The van der Waals surface area contributed by atoms with Gasteiger partial charge in [-0.15, -0.1) is 12.4 Å². The van der Waals surface area contributed by atoms with Crippen LogP contribution in [-0.2, 0) is 0 Å². The Labute approximate surface area is 155 Å². The summed E-state index contributed by atoms with van der Waals surface area (Å²) in [6, 6.07) is 14.3. The quantitative estimate of drug-likeness (QED) is 0.831. The summed E-state index contributed by atoms with van der Waals surface area (Å²) in [7, 11) is 0. The molecule has 1 saturated heterocycles. The maximum Gasteiger partial charge on any atom is 0.255 e. The first-order chi connectivity index (χ1) is 11.1. The van der Waals surface area contributed by atoms with Crippen LogP contribution >= 0.6 is 28.3 Å². The molecular formula is C18H19BrClFN2O. The van der Waals surface area contributed by atoms with Crippen LogP contribution in [0.1, 0.15) is 21.8 Å². The minimum Gasteiger partial charge on any atom is -0.338 e. The molecule has 3 rings (SSSR count). The van der Waals surface area contributed by atoms with Crippen LogP contribution in [0.4, 0.5) is 4.39 Å². The summed E-state index contributed by atoms with van der Waals surface area (Å²) in [5.41, 5.74) is 7.60. The number of benzene rings is 2. The summed E-state index contributed by atoms with van der Waals surface area (Å²) >= 11 is 3.27. The van der Waals surface area contributed by atoms with Crippen LogP contribution in [0.5, 0.6) is 0 Å². The predicted octanol–water partition coefficient (Wildman–Crippen LogP) is 3.82. The zero-order chi connectivity index (χ0) is 16.4. The van der Waals surface area contributed by atoms with Gasteiger partial charge >= 0.3 is 0 Å². The van der Waals surface area contributed by atoms with Crippen LogP contribution in [0, 0.1) is 11.7 Å². The van der Waals surface area contributed by atoms with Gasteiger partial charge in [0.1, 0.15) is 5.82 Å². The Bertz CT molecular complexity index is 713. The number of hydrogen-bond donors (Lipinski definition) is 1. The summed E-state index contributed by atoms with van der Waals surface area (Å²) in [6.07, 6.45) is 0. The Balaban J connectivity index is 0.00000208. The van der Waals surface area contributed by atoms with E-state index in [1.54, 1.807) is 0 Å². The fraction of sp³-hybridized carbons (Fsp3) is 0.278. The van der Waals surface area contributed by atoms with Gasteiger partial charge in [0, 0.05) is 23.5 Å². The van der Waals surface area contributed by atoms with Crippen molar-refractivity contribution >= 4 is 34.2 Å². The Morgan fingerprint density at radius 1 is 1.21 bits per heavy atom. The highest BCUT2D eigenvalue weighted by molar-refractivity contribution is 9.10. The number of amides is 1. The van der Waals surface area contributed by atoms with Crippen LogP contribution in [-0.4, -0.2) is 30.4 Å². The van der Waals surface area contributed by atoms with Gasteiger partial charge in [0.05, 0.1) is 5.56 Å². The highest BCUT2D eigenvalue weighted by Gasteiger charge is 2.35. The second-order valence-corrected chi connectivity index (χ2v) is 6.70. The Kier molecular flexibility index (Phi) is 6.38. The van der Waals surface area contributed by atoms with Gasteiger partial charge in [-0.1, -0.05) is 30.3 Å². The van der Waals surface area contributed by atoms with Crippen molar-refractivity contribution in [3.63, 3.8) is 0 Å². The van der Waals surface area contributed by atoms with Crippen LogP contribution in [0.25, 0.3) is 0 Å². The second kappa shape index (κ2) is 8.10. The third kappa shape index (κ3) is 3.79. The Morgan fingerprint density at radius 3 is 2.54 bits per heavy atom. The highest BCUT2D eigenvalue weighted by Crippen LogP contribution is 2.33. The van der Waals surface area contributed by atoms with E-state index >= 15 is 0 Å². The maximum absolute atomic E-state index is 13.2. The second-order valence-electron chi connectivity index (χ2n) is 5.85. The lowest BCUT2D eigenvalue weighted by Gasteiger charge is -2.17. The normalized spacial score (nSPS) is 19.9. The third-order valence-electron chi connectivity index (χ3n) is 4.42. The number of hydrogen-bond acceptors (Lipinski definition) is 2. The zero-order valence-corrected chi connectivity index (χ0v) is 15.4.